The quantitative estimate of drug-likeness (QED) is 0.565. The Bertz CT molecular complexity index is 621. The Balaban J connectivity index is 2.31. The van der Waals surface area contributed by atoms with Crippen LogP contribution in [0.5, 0.6) is 0 Å². The van der Waals surface area contributed by atoms with E-state index in [0.29, 0.717) is 10.6 Å². The zero-order valence-corrected chi connectivity index (χ0v) is 16.3. The minimum absolute atomic E-state index is 0.0747. The third kappa shape index (κ3) is 5.87. The molecule has 2 rings (SSSR count). The molecule has 7 heteroatoms. The average Bonchev–Trinajstić information content (AvgIpc) is 2.54. The van der Waals surface area contributed by atoms with Gasteiger partial charge < -0.3 is 10.1 Å². The number of hydrogen-bond acceptors (Lipinski definition) is 4. The van der Waals surface area contributed by atoms with Gasteiger partial charge in [0, 0.05) is 15.9 Å². The molecule has 1 aromatic carbocycles. The molecule has 144 valence electrons. The summed E-state index contributed by atoms with van der Waals surface area (Å²) in [6.07, 6.45) is 4.01. The van der Waals surface area contributed by atoms with Gasteiger partial charge in [-0.2, -0.15) is 0 Å². The first-order valence-corrected chi connectivity index (χ1v) is 9.43. The number of halogens is 1. The Hall–Kier alpha value is -1.82. The lowest BCUT2D eigenvalue weighted by Crippen LogP contribution is -2.46. The molecule has 6 nitrogen and oxygen atoms in total. The molecule has 0 radical (unpaired) electrons. The average molecular weight is 383 g/mol. The molecule has 1 fully saturated rings. The van der Waals surface area contributed by atoms with Crippen molar-refractivity contribution in [2.75, 3.05) is 0 Å². The van der Waals surface area contributed by atoms with Crippen molar-refractivity contribution in [1.82, 2.24) is 5.32 Å². The normalized spacial score (nSPS) is 18.0. The van der Waals surface area contributed by atoms with Crippen molar-refractivity contribution in [1.29, 1.82) is 0 Å². The van der Waals surface area contributed by atoms with Crippen LogP contribution >= 0.6 is 11.6 Å². The maximum atomic E-state index is 12.3. The molecule has 1 aliphatic rings. The number of nitrogens with zero attached hydrogens (tertiary/aromatic N) is 1. The molecule has 1 aliphatic carbocycles. The van der Waals surface area contributed by atoms with Gasteiger partial charge in [-0.05, 0) is 51.3 Å². The zero-order chi connectivity index (χ0) is 19.3. The Labute approximate surface area is 159 Å². The summed E-state index contributed by atoms with van der Waals surface area (Å²) >= 11 is 5.95. The number of rotatable bonds is 5. The smallest absolute Gasteiger partial charge is 0.408 e. The zero-order valence-electron chi connectivity index (χ0n) is 15.5. The van der Waals surface area contributed by atoms with E-state index >= 15 is 0 Å². The van der Waals surface area contributed by atoms with Gasteiger partial charge in [0.05, 0.1) is 0 Å². The van der Waals surface area contributed by atoms with Crippen molar-refractivity contribution in [3.63, 3.8) is 0 Å². The highest BCUT2D eigenvalue weighted by Gasteiger charge is 2.41. The van der Waals surface area contributed by atoms with E-state index in [1.54, 1.807) is 45.0 Å². The number of carbonyl (C=O) groups excluding carboxylic acids is 1. The number of hydrogen-bond donors (Lipinski definition) is 1. The molecule has 0 unspecified atom stereocenters. The van der Waals surface area contributed by atoms with E-state index in [2.05, 4.69) is 5.32 Å². The largest absolute Gasteiger partial charge is 0.444 e. The highest BCUT2D eigenvalue weighted by molar-refractivity contribution is 6.30. The summed E-state index contributed by atoms with van der Waals surface area (Å²) < 4.78 is 5.33. The van der Waals surface area contributed by atoms with Gasteiger partial charge in [-0.15, -0.1) is 0 Å². The van der Waals surface area contributed by atoms with E-state index in [1.807, 2.05) is 0 Å². The van der Waals surface area contributed by atoms with Gasteiger partial charge in [0.2, 0.25) is 6.04 Å². The monoisotopic (exact) mass is 382 g/mol. The predicted octanol–water partition coefficient (Wildman–Crippen LogP) is 5.13. The van der Waals surface area contributed by atoms with E-state index in [9.17, 15) is 14.9 Å². The van der Waals surface area contributed by atoms with Gasteiger partial charge in [-0.25, -0.2) is 4.79 Å². The maximum Gasteiger partial charge on any atom is 0.408 e. The molecule has 0 spiro atoms. The molecule has 2 atom stereocenters. The first-order chi connectivity index (χ1) is 12.2. The summed E-state index contributed by atoms with van der Waals surface area (Å²) in [6.45, 7) is 5.28. The summed E-state index contributed by atoms with van der Waals surface area (Å²) in [5, 5.41) is 15.2. The molecular formula is C19H27ClN2O4. The summed E-state index contributed by atoms with van der Waals surface area (Å²) in [4.78, 5) is 24.0. The molecule has 26 heavy (non-hydrogen) atoms. The maximum absolute atomic E-state index is 12.3. The van der Waals surface area contributed by atoms with Crippen molar-refractivity contribution in [3.05, 3.63) is 45.0 Å². The van der Waals surface area contributed by atoms with Crippen LogP contribution in [0.25, 0.3) is 0 Å². The molecule has 0 aliphatic heterocycles. The minimum atomic E-state index is -0.899. The number of benzene rings is 1. The number of alkyl carbamates (subject to hydrolysis) is 1. The molecule has 0 heterocycles. The molecule has 1 saturated carbocycles. The second-order valence-electron chi connectivity index (χ2n) is 7.85. The van der Waals surface area contributed by atoms with Crippen molar-refractivity contribution < 1.29 is 14.5 Å². The third-order valence-electron chi connectivity index (χ3n) is 4.62. The van der Waals surface area contributed by atoms with Crippen LogP contribution in [0.1, 0.15) is 64.5 Å². The SMILES string of the molecule is CC(C)(C)OC(=O)N[C@H](c1ccc(Cl)cc1)[C@H](C1CCCCC1)[N+](=O)[O-]. The number of nitro groups is 1. The van der Waals surface area contributed by atoms with Gasteiger partial charge in [-0.1, -0.05) is 43.0 Å². The molecule has 1 aromatic rings. The Morgan fingerprint density at radius 3 is 2.31 bits per heavy atom. The lowest BCUT2D eigenvalue weighted by Gasteiger charge is -2.31. The summed E-state index contributed by atoms with van der Waals surface area (Å²) in [5.41, 5.74) is -0.0173. The summed E-state index contributed by atoms with van der Waals surface area (Å²) in [5.74, 6) is -0.0747. The fourth-order valence-corrected chi connectivity index (χ4v) is 3.64. The summed E-state index contributed by atoms with van der Waals surface area (Å²) in [7, 11) is 0. The van der Waals surface area contributed by atoms with Crippen molar-refractivity contribution in [2.24, 2.45) is 5.92 Å². The number of carbonyl (C=O) groups is 1. The van der Waals surface area contributed by atoms with Crippen molar-refractivity contribution in [3.8, 4) is 0 Å². The fraction of sp³-hybridized carbons (Fsp3) is 0.632. The highest BCUT2D eigenvalue weighted by Crippen LogP contribution is 2.34. The third-order valence-corrected chi connectivity index (χ3v) is 4.87. The molecule has 0 bridgehead atoms. The van der Waals surface area contributed by atoms with E-state index < -0.39 is 23.8 Å². The van der Waals surface area contributed by atoms with Crippen LogP contribution in [0.15, 0.2) is 24.3 Å². The Kier molecular flexibility index (Phi) is 6.87. The van der Waals surface area contributed by atoms with Crippen LogP contribution in [0.3, 0.4) is 0 Å². The van der Waals surface area contributed by atoms with E-state index in [4.69, 9.17) is 16.3 Å². The molecule has 0 aromatic heterocycles. The van der Waals surface area contributed by atoms with Crippen molar-refractivity contribution >= 4 is 17.7 Å². The van der Waals surface area contributed by atoms with E-state index in [0.717, 1.165) is 32.1 Å². The van der Waals surface area contributed by atoms with E-state index in [1.165, 1.54) is 0 Å². The van der Waals surface area contributed by atoms with Gasteiger partial charge in [0.1, 0.15) is 11.6 Å². The lowest BCUT2D eigenvalue weighted by molar-refractivity contribution is -0.538. The number of ether oxygens (including phenoxy) is 1. The first kappa shape index (κ1) is 20.5. The summed E-state index contributed by atoms with van der Waals surface area (Å²) in [6, 6.07) is 5.15. The highest BCUT2D eigenvalue weighted by atomic mass is 35.5. The topological polar surface area (TPSA) is 81.5 Å². The number of amides is 1. The van der Waals surface area contributed by atoms with Gasteiger partial charge in [0.25, 0.3) is 0 Å². The second-order valence-corrected chi connectivity index (χ2v) is 8.29. The first-order valence-electron chi connectivity index (χ1n) is 9.06. The predicted molar refractivity (Wildman–Crippen MR) is 101 cm³/mol. The standard InChI is InChI=1S/C19H27ClN2O4/c1-19(2,3)26-18(23)21-16(13-9-11-15(20)12-10-13)17(22(24)25)14-7-5-4-6-8-14/h9-12,14,16-17H,4-8H2,1-3H3,(H,21,23)/t16-,17+/m1/s1. The minimum Gasteiger partial charge on any atom is -0.444 e. The fourth-order valence-electron chi connectivity index (χ4n) is 3.51. The van der Waals surface area contributed by atoms with Crippen LogP contribution in [0, 0.1) is 16.0 Å². The van der Waals surface area contributed by atoms with E-state index in [-0.39, 0.29) is 10.8 Å². The Morgan fingerprint density at radius 2 is 1.81 bits per heavy atom. The van der Waals surface area contributed by atoms with Crippen LogP contribution in [0.4, 0.5) is 4.79 Å². The Morgan fingerprint density at radius 1 is 1.23 bits per heavy atom. The van der Waals surface area contributed by atoms with Crippen LogP contribution < -0.4 is 5.32 Å². The van der Waals surface area contributed by atoms with Gasteiger partial charge in [0.15, 0.2) is 0 Å². The molecular weight excluding hydrogens is 356 g/mol. The number of nitrogens with one attached hydrogen (secondary N) is 1. The lowest BCUT2D eigenvalue weighted by atomic mass is 9.79. The second kappa shape index (κ2) is 8.71. The van der Waals surface area contributed by atoms with Crippen molar-refractivity contribution in [2.45, 2.75) is 70.6 Å². The van der Waals surface area contributed by atoms with Crippen LogP contribution in [0.2, 0.25) is 5.02 Å². The molecule has 1 N–H and O–H groups in total. The molecule has 0 saturated heterocycles. The van der Waals surface area contributed by atoms with Crippen LogP contribution in [-0.2, 0) is 4.74 Å². The van der Waals surface area contributed by atoms with Crippen LogP contribution in [-0.4, -0.2) is 22.7 Å². The molecule has 1 amide bonds. The van der Waals surface area contributed by atoms with Gasteiger partial charge in [-0.3, -0.25) is 10.1 Å². The van der Waals surface area contributed by atoms with Gasteiger partial charge >= 0.3 is 6.09 Å².